The van der Waals surface area contributed by atoms with Gasteiger partial charge in [0.25, 0.3) is 0 Å². The van der Waals surface area contributed by atoms with Crippen LogP contribution in [0.3, 0.4) is 0 Å². The number of hydrogen-bond acceptors (Lipinski definition) is 4. The van der Waals surface area contributed by atoms with Gasteiger partial charge in [0.05, 0.1) is 5.41 Å². The van der Waals surface area contributed by atoms with E-state index in [0.717, 1.165) is 72.7 Å². The molecule has 0 fully saturated rings. The van der Waals surface area contributed by atoms with Gasteiger partial charge in [0, 0.05) is 33.2 Å². The molecule has 65 heavy (non-hydrogen) atoms. The highest BCUT2D eigenvalue weighted by Crippen LogP contribution is 2.62. The molecule has 0 saturated heterocycles. The quantitative estimate of drug-likeness (QED) is 0.167. The largest absolute Gasteiger partial charge is 0.457 e. The fourth-order valence-electron chi connectivity index (χ4n) is 10.5. The molecular weight excluding hydrogens is 791 g/mol. The average Bonchev–Trinajstić information content (AvgIpc) is 3.38. The predicted octanol–water partition coefficient (Wildman–Crippen LogP) is 15.0. The van der Waals surface area contributed by atoms with Crippen molar-refractivity contribution < 1.29 is 4.74 Å². The van der Waals surface area contributed by atoms with Crippen LogP contribution in [0.1, 0.15) is 47.2 Å². The van der Waals surface area contributed by atoms with Gasteiger partial charge in [-0.05, 0) is 67.8 Å². The van der Waals surface area contributed by atoms with E-state index in [9.17, 15) is 0 Å². The molecule has 4 heteroatoms. The van der Waals surface area contributed by atoms with Gasteiger partial charge in [0.15, 0.2) is 17.5 Å². The lowest BCUT2D eigenvalue weighted by atomic mass is 9.53. The van der Waals surface area contributed by atoms with Crippen LogP contribution in [0, 0.1) is 0 Å². The second-order valence-corrected chi connectivity index (χ2v) is 17.5. The molecule has 0 amide bonds. The number of rotatable bonds is 6. The summed E-state index contributed by atoms with van der Waals surface area (Å²) in [6, 6.07) is 79.5. The van der Waals surface area contributed by atoms with Crippen LogP contribution >= 0.6 is 0 Å². The molecule has 0 saturated carbocycles. The molecule has 1 aliphatic heterocycles. The zero-order valence-electron chi connectivity index (χ0n) is 36.1. The van der Waals surface area contributed by atoms with E-state index in [1.807, 2.05) is 12.1 Å². The standard InChI is InChI=1S/C61H43N3O/c1-60(2)49-25-11-12-26-50(49)61(51-27-13-15-30-54(51)65-55-31-16-14-28-52(55)61)53-29-17-24-47(56(53)60)46-22-9-10-23-48(46)59-63-57(44-36-32-42(33-37-44)40-18-5-3-6-19-40)62-58(64-59)45-38-34-43(35-39-45)41-20-7-4-8-21-41/h3-39H,1-2H3. The smallest absolute Gasteiger partial charge is 0.164 e. The van der Waals surface area contributed by atoms with Gasteiger partial charge in [-0.25, -0.2) is 15.0 Å². The molecule has 1 aromatic heterocycles. The minimum atomic E-state index is -0.636. The minimum Gasteiger partial charge on any atom is -0.457 e. The first-order chi connectivity index (χ1) is 32.0. The van der Waals surface area contributed by atoms with E-state index in [2.05, 4.69) is 226 Å². The van der Waals surface area contributed by atoms with Crippen molar-refractivity contribution in [1.29, 1.82) is 0 Å². The number of benzene rings is 9. The van der Waals surface area contributed by atoms with Crippen LogP contribution in [-0.4, -0.2) is 15.0 Å². The van der Waals surface area contributed by atoms with Crippen molar-refractivity contribution >= 4 is 0 Å². The van der Waals surface area contributed by atoms with E-state index >= 15 is 0 Å². The predicted molar refractivity (Wildman–Crippen MR) is 263 cm³/mol. The normalized spacial score (nSPS) is 13.8. The lowest BCUT2D eigenvalue weighted by Crippen LogP contribution is -2.43. The topological polar surface area (TPSA) is 47.9 Å². The maximum atomic E-state index is 6.71. The number of hydrogen-bond donors (Lipinski definition) is 0. The summed E-state index contributed by atoms with van der Waals surface area (Å²) in [6.45, 7) is 4.75. The Balaban J connectivity index is 1.08. The molecule has 10 aromatic rings. The Morgan fingerprint density at radius 3 is 1.23 bits per heavy atom. The van der Waals surface area contributed by atoms with E-state index in [-0.39, 0.29) is 5.41 Å². The van der Waals surface area contributed by atoms with Crippen molar-refractivity contribution in [2.45, 2.75) is 24.7 Å². The first-order valence-corrected chi connectivity index (χ1v) is 22.3. The highest BCUT2D eigenvalue weighted by Gasteiger charge is 2.53. The Bertz CT molecular complexity index is 3270. The Kier molecular flexibility index (Phi) is 9.03. The highest BCUT2D eigenvalue weighted by atomic mass is 16.5. The van der Waals surface area contributed by atoms with Crippen molar-refractivity contribution in [2.75, 3.05) is 0 Å². The molecule has 2 aliphatic rings. The number of aromatic nitrogens is 3. The van der Waals surface area contributed by atoms with Crippen LogP contribution in [0.2, 0.25) is 0 Å². The van der Waals surface area contributed by atoms with Gasteiger partial charge in [-0.2, -0.15) is 0 Å². The molecule has 0 radical (unpaired) electrons. The number of nitrogens with zero attached hydrogens (tertiary/aromatic N) is 3. The van der Waals surface area contributed by atoms with Crippen LogP contribution in [-0.2, 0) is 10.8 Å². The molecule has 308 valence electrons. The molecule has 0 unspecified atom stereocenters. The molecule has 4 nitrogen and oxygen atoms in total. The number of para-hydroxylation sites is 2. The number of ether oxygens (including phenoxy) is 1. The van der Waals surface area contributed by atoms with Crippen molar-refractivity contribution in [3.63, 3.8) is 0 Å². The molecule has 0 atom stereocenters. The Labute approximate surface area is 379 Å². The Hall–Kier alpha value is -8.21. The van der Waals surface area contributed by atoms with E-state index in [1.165, 1.54) is 22.3 Å². The van der Waals surface area contributed by atoms with Crippen LogP contribution in [0.4, 0.5) is 0 Å². The van der Waals surface area contributed by atoms with Crippen molar-refractivity contribution in [3.8, 4) is 79.0 Å². The fourth-order valence-corrected chi connectivity index (χ4v) is 10.5. The summed E-state index contributed by atoms with van der Waals surface area (Å²) >= 11 is 0. The molecule has 1 aliphatic carbocycles. The summed E-state index contributed by atoms with van der Waals surface area (Å²) in [5.41, 5.74) is 15.9. The monoisotopic (exact) mass is 833 g/mol. The van der Waals surface area contributed by atoms with Crippen molar-refractivity contribution in [1.82, 2.24) is 15.0 Å². The molecule has 12 rings (SSSR count). The Morgan fingerprint density at radius 1 is 0.292 bits per heavy atom. The molecule has 0 bridgehead atoms. The highest BCUT2D eigenvalue weighted by molar-refractivity contribution is 5.88. The third-order valence-corrected chi connectivity index (χ3v) is 13.5. The lowest BCUT2D eigenvalue weighted by molar-refractivity contribution is 0.425. The molecule has 1 spiro atoms. The van der Waals surface area contributed by atoms with Crippen LogP contribution < -0.4 is 4.74 Å². The van der Waals surface area contributed by atoms with Crippen LogP contribution in [0.15, 0.2) is 224 Å². The first-order valence-electron chi connectivity index (χ1n) is 22.3. The second kappa shape index (κ2) is 15.3. The van der Waals surface area contributed by atoms with E-state index in [1.54, 1.807) is 0 Å². The summed E-state index contributed by atoms with van der Waals surface area (Å²) in [4.78, 5) is 15.9. The third-order valence-electron chi connectivity index (χ3n) is 13.5. The maximum Gasteiger partial charge on any atom is 0.164 e. The third kappa shape index (κ3) is 6.17. The molecule has 2 heterocycles. The van der Waals surface area contributed by atoms with Gasteiger partial charge < -0.3 is 4.74 Å². The summed E-state index contributed by atoms with van der Waals surface area (Å²) in [5.74, 6) is 3.59. The van der Waals surface area contributed by atoms with Gasteiger partial charge >= 0.3 is 0 Å². The van der Waals surface area contributed by atoms with Gasteiger partial charge in [-0.1, -0.05) is 226 Å². The van der Waals surface area contributed by atoms with Gasteiger partial charge in [0.2, 0.25) is 0 Å². The van der Waals surface area contributed by atoms with Crippen LogP contribution in [0.25, 0.3) is 67.5 Å². The van der Waals surface area contributed by atoms with Crippen molar-refractivity contribution in [2.24, 2.45) is 0 Å². The van der Waals surface area contributed by atoms with Crippen molar-refractivity contribution in [3.05, 3.63) is 258 Å². The average molecular weight is 834 g/mol. The molecule has 9 aromatic carbocycles. The summed E-state index contributed by atoms with van der Waals surface area (Å²) in [6.07, 6.45) is 0. The lowest BCUT2D eigenvalue weighted by Gasteiger charge is -2.50. The SMILES string of the molecule is CC1(C)c2ccccc2C2(c3ccccc3Oc3ccccc32)c2cccc(-c3ccccc3-c3nc(-c4ccc(-c5ccccc5)cc4)nc(-c4ccc(-c5ccccc5)cc4)n3)c21. The van der Waals surface area contributed by atoms with E-state index in [4.69, 9.17) is 19.7 Å². The van der Waals surface area contributed by atoms with Gasteiger partial charge in [-0.15, -0.1) is 0 Å². The summed E-state index contributed by atoms with van der Waals surface area (Å²) in [7, 11) is 0. The van der Waals surface area contributed by atoms with E-state index in [0.29, 0.717) is 17.5 Å². The zero-order valence-corrected chi connectivity index (χ0v) is 36.1. The molecular formula is C61H43N3O. The second-order valence-electron chi connectivity index (χ2n) is 17.5. The first kappa shape index (κ1) is 38.5. The Morgan fingerprint density at radius 2 is 0.677 bits per heavy atom. The molecule has 0 N–H and O–H groups in total. The minimum absolute atomic E-state index is 0.389. The zero-order chi connectivity index (χ0) is 43.5. The fraction of sp³-hybridized carbons (Fsp3) is 0.0656. The van der Waals surface area contributed by atoms with Gasteiger partial charge in [0.1, 0.15) is 11.5 Å². The van der Waals surface area contributed by atoms with Crippen LogP contribution in [0.5, 0.6) is 11.5 Å². The number of fused-ring (bicyclic) bond motifs is 8. The van der Waals surface area contributed by atoms with E-state index < -0.39 is 5.41 Å². The summed E-state index contributed by atoms with van der Waals surface area (Å²) < 4.78 is 6.71. The van der Waals surface area contributed by atoms with Gasteiger partial charge in [-0.3, -0.25) is 0 Å². The maximum absolute atomic E-state index is 6.71. The summed E-state index contributed by atoms with van der Waals surface area (Å²) in [5, 5.41) is 0.